The first kappa shape index (κ1) is 13.7. The van der Waals surface area contributed by atoms with Gasteiger partial charge in [0.15, 0.2) is 5.82 Å². The van der Waals surface area contributed by atoms with E-state index in [1.54, 1.807) is 16.8 Å². The highest BCUT2D eigenvalue weighted by atomic mass is 35.5. The Bertz CT molecular complexity index is 625. The number of carbonyl (C=O) groups is 1. The smallest absolute Gasteiger partial charge is 0.343 e. The van der Waals surface area contributed by atoms with Crippen molar-refractivity contribution in [2.45, 2.75) is 6.54 Å². The molecule has 0 amide bonds. The summed E-state index contributed by atoms with van der Waals surface area (Å²) in [6, 6.07) is 5.26. The predicted molar refractivity (Wildman–Crippen MR) is 73.5 cm³/mol. The molecule has 100 valence electrons. The number of nitrogens with two attached hydrogens (primary N) is 1. The lowest BCUT2D eigenvalue weighted by Crippen LogP contribution is -2.02. The quantitative estimate of drug-likeness (QED) is 0.885. The van der Waals surface area contributed by atoms with E-state index >= 15 is 0 Å². The van der Waals surface area contributed by atoms with Gasteiger partial charge in [0.05, 0.1) is 23.7 Å². The molecule has 0 aliphatic carbocycles. The fourth-order valence-corrected chi connectivity index (χ4v) is 1.93. The van der Waals surface area contributed by atoms with Crippen molar-refractivity contribution in [3.05, 3.63) is 45.6 Å². The molecule has 19 heavy (non-hydrogen) atoms. The van der Waals surface area contributed by atoms with E-state index in [-0.39, 0.29) is 11.4 Å². The fourth-order valence-electron chi connectivity index (χ4n) is 1.61. The Balaban J connectivity index is 2.24. The molecule has 0 aliphatic rings. The molecule has 1 aromatic heterocycles. The minimum atomic E-state index is -0.516. The number of carbonyl (C=O) groups excluding carboxylic acids is 1. The minimum absolute atomic E-state index is 0.131. The van der Waals surface area contributed by atoms with Gasteiger partial charge in [-0.05, 0) is 17.7 Å². The van der Waals surface area contributed by atoms with Crippen molar-refractivity contribution < 1.29 is 9.53 Å². The Morgan fingerprint density at radius 3 is 2.79 bits per heavy atom. The van der Waals surface area contributed by atoms with Gasteiger partial charge in [0.2, 0.25) is 0 Å². The Kier molecular flexibility index (Phi) is 3.97. The second-order valence-corrected chi connectivity index (χ2v) is 4.68. The number of benzene rings is 1. The fraction of sp³-hybridized carbons (Fsp3) is 0.167. The molecule has 0 fully saturated rings. The minimum Gasteiger partial charge on any atom is -0.465 e. The molecule has 0 spiro atoms. The van der Waals surface area contributed by atoms with Crippen molar-refractivity contribution in [3.8, 4) is 0 Å². The molecule has 1 heterocycles. The van der Waals surface area contributed by atoms with Crippen LogP contribution < -0.4 is 5.73 Å². The second kappa shape index (κ2) is 5.50. The van der Waals surface area contributed by atoms with Crippen LogP contribution >= 0.6 is 23.2 Å². The molecule has 0 atom stereocenters. The summed E-state index contributed by atoms with van der Waals surface area (Å²) in [5.41, 5.74) is 6.78. The lowest BCUT2D eigenvalue weighted by atomic mass is 10.2. The third kappa shape index (κ3) is 3.00. The van der Waals surface area contributed by atoms with Crippen LogP contribution in [0.5, 0.6) is 0 Å². The number of rotatable bonds is 3. The summed E-state index contributed by atoms with van der Waals surface area (Å²) in [5, 5.41) is 5.00. The summed E-state index contributed by atoms with van der Waals surface area (Å²) in [5.74, 6) is -0.384. The first-order valence-electron chi connectivity index (χ1n) is 5.36. The molecular weight excluding hydrogens is 289 g/mol. The molecule has 2 aromatic rings. The van der Waals surface area contributed by atoms with Gasteiger partial charge in [-0.25, -0.2) is 4.79 Å². The summed E-state index contributed by atoms with van der Waals surface area (Å²) >= 11 is 11.8. The maximum atomic E-state index is 11.4. The first-order valence-corrected chi connectivity index (χ1v) is 6.12. The number of esters is 1. The van der Waals surface area contributed by atoms with Crippen LogP contribution in [0.25, 0.3) is 0 Å². The Morgan fingerprint density at radius 1 is 1.42 bits per heavy atom. The molecular formula is C12H11Cl2N3O2. The van der Waals surface area contributed by atoms with Crippen LogP contribution in [0.2, 0.25) is 10.0 Å². The lowest BCUT2D eigenvalue weighted by Gasteiger charge is -2.03. The van der Waals surface area contributed by atoms with E-state index in [4.69, 9.17) is 28.9 Å². The monoisotopic (exact) mass is 299 g/mol. The number of ether oxygens (including phenoxy) is 1. The standard InChI is InChI=1S/C12H11Cl2N3O2/c1-19-12(18)8-6-17(16-11(8)15)5-7-2-3-9(13)10(14)4-7/h2-4,6H,5H2,1H3,(H2,15,16). The van der Waals surface area contributed by atoms with Gasteiger partial charge < -0.3 is 10.5 Å². The average molecular weight is 300 g/mol. The highest BCUT2D eigenvalue weighted by Gasteiger charge is 2.14. The first-order chi connectivity index (χ1) is 9.01. The molecule has 5 nitrogen and oxygen atoms in total. The van der Waals surface area contributed by atoms with E-state index in [1.165, 1.54) is 13.3 Å². The highest BCUT2D eigenvalue weighted by molar-refractivity contribution is 6.42. The molecule has 2 rings (SSSR count). The topological polar surface area (TPSA) is 70.1 Å². The molecule has 2 N–H and O–H groups in total. The highest BCUT2D eigenvalue weighted by Crippen LogP contribution is 2.23. The predicted octanol–water partition coefficient (Wildman–Crippen LogP) is 2.61. The van der Waals surface area contributed by atoms with Crippen LogP contribution in [0.15, 0.2) is 24.4 Å². The van der Waals surface area contributed by atoms with Gasteiger partial charge in [0, 0.05) is 6.20 Å². The summed E-state index contributed by atoms with van der Waals surface area (Å²) in [7, 11) is 1.29. The van der Waals surface area contributed by atoms with Crippen molar-refractivity contribution in [1.82, 2.24) is 9.78 Å². The average Bonchev–Trinajstić information content (AvgIpc) is 2.74. The van der Waals surface area contributed by atoms with Crippen molar-refractivity contribution in [2.75, 3.05) is 12.8 Å². The maximum Gasteiger partial charge on any atom is 0.343 e. The molecule has 0 saturated carbocycles. The number of hydrogen-bond donors (Lipinski definition) is 1. The normalized spacial score (nSPS) is 10.5. The largest absolute Gasteiger partial charge is 0.465 e. The van der Waals surface area contributed by atoms with E-state index in [1.807, 2.05) is 6.07 Å². The number of hydrogen-bond acceptors (Lipinski definition) is 4. The molecule has 7 heteroatoms. The second-order valence-electron chi connectivity index (χ2n) is 3.87. The molecule has 0 unspecified atom stereocenters. The molecule has 0 saturated heterocycles. The molecule has 0 bridgehead atoms. The number of aromatic nitrogens is 2. The summed E-state index contributed by atoms with van der Waals surface area (Å²) in [6.07, 6.45) is 1.53. The number of nitrogen functional groups attached to an aromatic ring is 1. The van der Waals surface area contributed by atoms with Crippen molar-refractivity contribution in [2.24, 2.45) is 0 Å². The third-order valence-corrected chi connectivity index (χ3v) is 3.26. The van der Waals surface area contributed by atoms with Crippen LogP contribution in [0.4, 0.5) is 5.82 Å². The number of halogens is 2. The molecule has 0 aliphatic heterocycles. The zero-order valence-corrected chi connectivity index (χ0v) is 11.6. The summed E-state index contributed by atoms with van der Waals surface area (Å²) in [6.45, 7) is 0.429. The Labute approximate surface area is 119 Å². The number of anilines is 1. The van der Waals surface area contributed by atoms with E-state index < -0.39 is 5.97 Å². The summed E-state index contributed by atoms with van der Waals surface area (Å²) < 4.78 is 6.15. The Morgan fingerprint density at radius 2 is 2.16 bits per heavy atom. The van der Waals surface area contributed by atoms with Gasteiger partial charge in [0.1, 0.15) is 5.56 Å². The van der Waals surface area contributed by atoms with Crippen LogP contribution in [-0.2, 0) is 11.3 Å². The van der Waals surface area contributed by atoms with Gasteiger partial charge in [-0.15, -0.1) is 0 Å². The van der Waals surface area contributed by atoms with Crippen LogP contribution in [0.1, 0.15) is 15.9 Å². The van der Waals surface area contributed by atoms with E-state index in [2.05, 4.69) is 9.84 Å². The molecule has 0 radical (unpaired) electrons. The van der Waals surface area contributed by atoms with E-state index in [0.717, 1.165) is 5.56 Å². The van der Waals surface area contributed by atoms with Crippen LogP contribution in [0, 0.1) is 0 Å². The van der Waals surface area contributed by atoms with Gasteiger partial charge in [-0.1, -0.05) is 29.3 Å². The van der Waals surface area contributed by atoms with E-state index in [0.29, 0.717) is 16.6 Å². The summed E-state index contributed by atoms with van der Waals surface area (Å²) in [4.78, 5) is 11.4. The van der Waals surface area contributed by atoms with Gasteiger partial charge in [-0.3, -0.25) is 4.68 Å². The van der Waals surface area contributed by atoms with E-state index in [9.17, 15) is 4.79 Å². The molecule has 1 aromatic carbocycles. The number of nitrogens with zero attached hydrogens (tertiary/aromatic N) is 2. The van der Waals surface area contributed by atoms with Crippen molar-refractivity contribution in [3.63, 3.8) is 0 Å². The zero-order valence-electron chi connectivity index (χ0n) is 10.1. The lowest BCUT2D eigenvalue weighted by molar-refractivity contribution is 0.0602. The van der Waals surface area contributed by atoms with Crippen LogP contribution in [-0.4, -0.2) is 22.9 Å². The Hall–Kier alpha value is -1.72. The van der Waals surface area contributed by atoms with Gasteiger partial charge in [-0.2, -0.15) is 5.10 Å². The van der Waals surface area contributed by atoms with Crippen molar-refractivity contribution in [1.29, 1.82) is 0 Å². The number of methoxy groups -OCH3 is 1. The third-order valence-electron chi connectivity index (χ3n) is 2.52. The SMILES string of the molecule is COC(=O)c1cn(Cc2ccc(Cl)c(Cl)c2)nc1N. The van der Waals surface area contributed by atoms with Crippen LogP contribution in [0.3, 0.4) is 0 Å². The van der Waals surface area contributed by atoms with Crippen molar-refractivity contribution >= 4 is 35.0 Å². The van der Waals surface area contributed by atoms with Gasteiger partial charge in [0.25, 0.3) is 0 Å². The zero-order chi connectivity index (χ0) is 14.0. The maximum absolute atomic E-state index is 11.4. The van der Waals surface area contributed by atoms with Gasteiger partial charge >= 0.3 is 5.97 Å².